The standard InChI is InChI=1S/C13H13ClOS2/c1-2-16-10-5-3-9(4-6-10)12(15)13-11(14)7-8-17-13/h3-8,12,15H,2H2,1H3. The summed E-state index contributed by atoms with van der Waals surface area (Å²) in [6, 6.07) is 9.80. The van der Waals surface area contributed by atoms with Gasteiger partial charge in [-0.25, -0.2) is 0 Å². The van der Waals surface area contributed by atoms with Gasteiger partial charge in [-0.05, 0) is 34.9 Å². The van der Waals surface area contributed by atoms with Crippen LogP contribution >= 0.6 is 34.7 Å². The maximum absolute atomic E-state index is 10.2. The van der Waals surface area contributed by atoms with E-state index in [0.717, 1.165) is 16.2 Å². The van der Waals surface area contributed by atoms with Crippen LogP contribution < -0.4 is 0 Å². The second-order valence-electron chi connectivity index (χ2n) is 3.54. The normalized spacial score (nSPS) is 12.6. The molecule has 1 aromatic heterocycles. The number of thiophene rings is 1. The highest BCUT2D eigenvalue weighted by Gasteiger charge is 2.14. The van der Waals surface area contributed by atoms with Crippen LogP contribution in [0.3, 0.4) is 0 Å². The molecule has 0 saturated heterocycles. The summed E-state index contributed by atoms with van der Waals surface area (Å²) in [5, 5.41) is 12.7. The van der Waals surface area contributed by atoms with Crippen LogP contribution in [0.1, 0.15) is 23.5 Å². The molecule has 2 aromatic rings. The predicted octanol–water partition coefficient (Wildman–Crippen LogP) is 4.60. The fourth-order valence-electron chi connectivity index (χ4n) is 1.56. The smallest absolute Gasteiger partial charge is 0.115 e. The van der Waals surface area contributed by atoms with Crippen molar-refractivity contribution in [1.29, 1.82) is 0 Å². The minimum Gasteiger partial charge on any atom is -0.383 e. The van der Waals surface area contributed by atoms with E-state index in [2.05, 4.69) is 6.92 Å². The van der Waals surface area contributed by atoms with Gasteiger partial charge in [-0.2, -0.15) is 0 Å². The minimum absolute atomic E-state index is 0.622. The van der Waals surface area contributed by atoms with Gasteiger partial charge < -0.3 is 5.11 Å². The Hall–Kier alpha value is -0.480. The zero-order valence-corrected chi connectivity index (χ0v) is 11.8. The summed E-state index contributed by atoms with van der Waals surface area (Å²) in [7, 11) is 0. The maximum Gasteiger partial charge on any atom is 0.115 e. The van der Waals surface area contributed by atoms with Crippen molar-refractivity contribution in [1.82, 2.24) is 0 Å². The molecule has 1 unspecified atom stereocenters. The van der Waals surface area contributed by atoms with Gasteiger partial charge in [0.2, 0.25) is 0 Å². The summed E-state index contributed by atoms with van der Waals surface area (Å²) in [6.45, 7) is 2.12. The fourth-order valence-corrected chi connectivity index (χ4v) is 3.40. The Kier molecular flexibility index (Phi) is 4.51. The Labute approximate surface area is 114 Å². The molecule has 0 bridgehead atoms. The van der Waals surface area contributed by atoms with E-state index in [1.807, 2.05) is 35.7 Å². The van der Waals surface area contributed by atoms with Crippen LogP contribution in [0.5, 0.6) is 0 Å². The van der Waals surface area contributed by atoms with E-state index >= 15 is 0 Å². The van der Waals surface area contributed by atoms with E-state index in [9.17, 15) is 5.11 Å². The SMILES string of the molecule is CCSc1ccc(C(O)c2sccc2Cl)cc1. The largest absolute Gasteiger partial charge is 0.383 e. The van der Waals surface area contributed by atoms with Gasteiger partial charge in [-0.3, -0.25) is 0 Å². The monoisotopic (exact) mass is 284 g/mol. The fraction of sp³-hybridized carbons (Fsp3) is 0.231. The first-order chi connectivity index (χ1) is 8.22. The van der Waals surface area contributed by atoms with Crippen LogP contribution in [0.4, 0.5) is 0 Å². The van der Waals surface area contributed by atoms with E-state index < -0.39 is 6.10 Å². The zero-order valence-electron chi connectivity index (χ0n) is 9.39. The third kappa shape index (κ3) is 3.05. The Morgan fingerprint density at radius 2 is 2.00 bits per heavy atom. The van der Waals surface area contributed by atoms with E-state index in [4.69, 9.17) is 11.6 Å². The second-order valence-corrected chi connectivity index (χ2v) is 6.23. The molecule has 0 amide bonds. The minimum atomic E-state index is -0.622. The van der Waals surface area contributed by atoms with Crippen molar-refractivity contribution in [3.8, 4) is 0 Å². The van der Waals surface area contributed by atoms with E-state index in [-0.39, 0.29) is 0 Å². The van der Waals surface area contributed by atoms with Crippen molar-refractivity contribution in [3.63, 3.8) is 0 Å². The Morgan fingerprint density at radius 1 is 1.29 bits per heavy atom. The Bertz CT molecular complexity index is 478. The molecule has 0 aliphatic carbocycles. The summed E-state index contributed by atoms with van der Waals surface area (Å²) in [6.07, 6.45) is -0.622. The first-order valence-electron chi connectivity index (χ1n) is 5.36. The van der Waals surface area contributed by atoms with Gasteiger partial charge in [0.1, 0.15) is 6.10 Å². The van der Waals surface area contributed by atoms with Crippen LogP contribution in [0, 0.1) is 0 Å². The molecule has 0 aliphatic rings. The lowest BCUT2D eigenvalue weighted by Gasteiger charge is -2.10. The summed E-state index contributed by atoms with van der Waals surface area (Å²) < 4.78 is 0. The second kappa shape index (κ2) is 5.91. The van der Waals surface area contributed by atoms with E-state index in [0.29, 0.717) is 5.02 Å². The lowest BCUT2D eigenvalue weighted by atomic mass is 10.1. The van der Waals surface area contributed by atoms with E-state index in [1.165, 1.54) is 16.2 Å². The average molecular weight is 285 g/mol. The van der Waals surface area contributed by atoms with Crippen LogP contribution in [0.15, 0.2) is 40.6 Å². The lowest BCUT2D eigenvalue weighted by Crippen LogP contribution is -1.97. The third-order valence-electron chi connectivity index (χ3n) is 2.40. The number of hydrogen-bond acceptors (Lipinski definition) is 3. The molecule has 90 valence electrons. The van der Waals surface area contributed by atoms with Crippen molar-refractivity contribution in [3.05, 3.63) is 51.2 Å². The number of aliphatic hydroxyl groups is 1. The molecule has 1 N–H and O–H groups in total. The Morgan fingerprint density at radius 3 is 2.53 bits per heavy atom. The molecule has 0 spiro atoms. The third-order valence-corrected chi connectivity index (χ3v) is 4.71. The van der Waals surface area contributed by atoms with Gasteiger partial charge in [0.25, 0.3) is 0 Å². The zero-order chi connectivity index (χ0) is 12.3. The molecule has 0 radical (unpaired) electrons. The quantitative estimate of drug-likeness (QED) is 0.828. The lowest BCUT2D eigenvalue weighted by molar-refractivity contribution is 0.224. The molecular formula is C13H13ClOS2. The molecular weight excluding hydrogens is 272 g/mol. The number of rotatable bonds is 4. The van der Waals surface area contributed by atoms with Crippen molar-refractivity contribution >= 4 is 34.7 Å². The van der Waals surface area contributed by atoms with Crippen LogP contribution in [-0.2, 0) is 0 Å². The summed E-state index contributed by atoms with van der Waals surface area (Å²) in [5.41, 5.74) is 0.884. The highest BCUT2D eigenvalue weighted by molar-refractivity contribution is 7.99. The first-order valence-corrected chi connectivity index (χ1v) is 7.60. The molecule has 17 heavy (non-hydrogen) atoms. The molecule has 2 rings (SSSR count). The first kappa shape index (κ1) is 13.0. The van der Waals surface area contributed by atoms with Gasteiger partial charge in [-0.15, -0.1) is 23.1 Å². The topological polar surface area (TPSA) is 20.2 Å². The molecule has 1 nitrogen and oxygen atoms in total. The molecule has 4 heteroatoms. The van der Waals surface area contributed by atoms with Gasteiger partial charge in [0.15, 0.2) is 0 Å². The van der Waals surface area contributed by atoms with Gasteiger partial charge in [0, 0.05) is 4.90 Å². The number of hydrogen-bond donors (Lipinski definition) is 1. The maximum atomic E-state index is 10.2. The summed E-state index contributed by atoms with van der Waals surface area (Å²) in [5.74, 6) is 1.05. The van der Waals surface area contributed by atoms with Gasteiger partial charge in [-0.1, -0.05) is 30.7 Å². The van der Waals surface area contributed by atoms with Gasteiger partial charge in [0.05, 0.1) is 9.90 Å². The Balaban J connectivity index is 2.20. The molecule has 1 aromatic carbocycles. The van der Waals surface area contributed by atoms with Crippen molar-refractivity contribution in [2.75, 3.05) is 5.75 Å². The van der Waals surface area contributed by atoms with Crippen LogP contribution in [0.25, 0.3) is 0 Å². The molecule has 0 aliphatic heterocycles. The summed E-state index contributed by atoms with van der Waals surface area (Å²) in [4.78, 5) is 2.03. The molecule has 1 atom stereocenters. The highest BCUT2D eigenvalue weighted by atomic mass is 35.5. The van der Waals surface area contributed by atoms with Crippen LogP contribution in [0.2, 0.25) is 5.02 Å². The average Bonchev–Trinajstić information content (AvgIpc) is 2.76. The van der Waals surface area contributed by atoms with Crippen LogP contribution in [-0.4, -0.2) is 10.9 Å². The summed E-state index contributed by atoms with van der Waals surface area (Å²) >= 11 is 9.28. The molecule has 1 heterocycles. The van der Waals surface area contributed by atoms with Gasteiger partial charge >= 0.3 is 0 Å². The number of halogens is 1. The van der Waals surface area contributed by atoms with Crippen molar-refractivity contribution < 1.29 is 5.11 Å². The number of thioether (sulfide) groups is 1. The van der Waals surface area contributed by atoms with Crippen molar-refractivity contribution in [2.45, 2.75) is 17.9 Å². The molecule has 0 saturated carbocycles. The highest BCUT2D eigenvalue weighted by Crippen LogP contribution is 2.33. The van der Waals surface area contributed by atoms with E-state index in [1.54, 1.807) is 11.8 Å². The van der Waals surface area contributed by atoms with Crippen molar-refractivity contribution in [2.24, 2.45) is 0 Å². The predicted molar refractivity (Wildman–Crippen MR) is 76.2 cm³/mol. The number of benzene rings is 1. The molecule has 0 fully saturated rings. The number of aliphatic hydroxyl groups excluding tert-OH is 1.